The molecule has 0 saturated carbocycles. The van der Waals surface area contributed by atoms with E-state index < -0.39 is 12.0 Å². The molecule has 2 atom stereocenters. The standard InChI is InChI=1S/C24H19ClN6O/c1-15-20(23(32)28-17-10-7-13-26-14-17)21(18-11-5-6-12-19(18)25)31-24(27-15)29-22(30-31)16-8-3-2-4-9-16/h2-14,20-21H,1H3,(H,28,32). The van der Waals surface area contributed by atoms with E-state index in [0.29, 0.717) is 28.2 Å². The molecule has 4 aromatic rings. The smallest absolute Gasteiger partial charge is 0.248 e. The van der Waals surface area contributed by atoms with E-state index in [4.69, 9.17) is 16.7 Å². The van der Waals surface area contributed by atoms with Crippen molar-refractivity contribution in [1.82, 2.24) is 19.7 Å². The first kappa shape index (κ1) is 20.1. The molecule has 8 heteroatoms. The summed E-state index contributed by atoms with van der Waals surface area (Å²) in [6.45, 7) is 1.83. The molecule has 1 amide bonds. The Bertz CT molecular complexity index is 1300. The maximum atomic E-state index is 13.4. The second-order valence-corrected chi connectivity index (χ2v) is 7.88. The quantitative estimate of drug-likeness (QED) is 0.485. The van der Waals surface area contributed by atoms with Gasteiger partial charge in [-0.25, -0.2) is 9.67 Å². The molecule has 5 rings (SSSR count). The van der Waals surface area contributed by atoms with Crippen LogP contribution in [0.2, 0.25) is 5.02 Å². The summed E-state index contributed by atoms with van der Waals surface area (Å²) >= 11 is 6.58. The highest BCUT2D eigenvalue weighted by Gasteiger charge is 2.40. The number of pyridine rings is 1. The summed E-state index contributed by atoms with van der Waals surface area (Å²) in [6, 6.07) is 20.2. The zero-order valence-electron chi connectivity index (χ0n) is 17.2. The van der Waals surface area contributed by atoms with Gasteiger partial charge in [0.15, 0.2) is 5.82 Å². The van der Waals surface area contributed by atoms with Crippen molar-refractivity contribution in [1.29, 1.82) is 0 Å². The Balaban J connectivity index is 1.62. The topological polar surface area (TPSA) is 85.1 Å². The number of hydrogen-bond donors (Lipinski definition) is 1. The lowest BCUT2D eigenvalue weighted by Gasteiger charge is -2.30. The Hall–Kier alpha value is -3.84. The van der Waals surface area contributed by atoms with Crippen LogP contribution in [0.15, 0.2) is 84.1 Å². The number of nitrogens with one attached hydrogen (secondary N) is 1. The molecule has 1 aliphatic rings. The largest absolute Gasteiger partial charge is 0.324 e. The third kappa shape index (κ3) is 3.67. The molecule has 2 unspecified atom stereocenters. The molecule has 3 heterocycles. The van der Waals surface area contributed by atoms with E-state index in [1.54, 1.807) is 29.2 Å². The number of amides is 1. The first-order valence-corrected chi connectivity index (χ1v) is 10.5. The first-order chi connectivity index (χ1) is 15.6. The van der Waals surface area contributed by atoms with Gasteiger partial charge in [-0.3, -0.25) is 9.78 Å². The number of carbonyl (C=O) groups is 1. The Labute approximate surface area is 189 Å². The SMILES string of the molecule is CC1=Nc2nc(-c3ccccc3)nn2C(c2ccccc2Cl)C1C(=O)Nc1cccnc1. The molecule has 0 saturated heterocycles. The third-order valence-electron chi connectivity index (χ3n) is 5.39. The summed E-state index contributed by atoms with van der Waals surface area (Å²) in [5.41, 5.74) is 2.89. The normalized spacial score (nSPS) is 17.4. The summed E-state index contributed by atoms with van der Waals surface area (Å²) in [6.07, 6.45) is 3.26. The molecule has 0 radical (unpaired) electrons. The van der Waals surface area contributed by atoms with Crippen LogP contribution in [0.3, 0.4) is 0 Å². The zero-order chi connectivity index (χ0) is 22.1. The van der Waals surface area contributed by atoms with Gasteiger partial charge in [0.2, 0.25) is 11.9 Å². The maximum Gasteiger partial charge on any atom is 0.248 e. The predicted molar refractivity (Wildman–Crippen MR) is 124 cm³/mol. The molecule has 1 aliphatic heterocycles. The molecular formula is C24H19ClN6O. The van der Waals surface area contributed by atoms with Crippen molar-refractivity contribution in [2.75, 3.05) is 5.32 Å². The number of benzene rings is 2. The Morgan fingerprint density at radius 1 is 1.03 bits per heavy atom. The molecular weight excluding hydrogens is 424 g/mol. The Morgan fingerprint density at radius 2 is 1.81 bits per heavy atom. The number of carbonyl (C=O) groups excluding carboxylic acids is 1. The lowest BCUT2D eigenvalue weighted by Crippen LogP contribution is -2.39. The first-order valence-electron chi connectivity index (χ1n) is 10.1. The van der Waals surface area contributed by atoms with Crippen molar-refractivity contribution in [2.45, 2.75) is 13.0 Å². The lowest BCUT2D eigenvalue weighted by atomic mass is 9.87. The fourth-order valence-electron chi connectivity index (χ4n) is 3.90. The summed E-state index contributed by atoms with van der Waals surface area (Å²) in [7, 11) is 0. The second kappa shape index (κ2) is 8.36. The predicted octanol–water partition coefficient (Wildman–Crippen LogP) is 4.94. The highest BCUT2D eigenvalue weighted by atomic mass is 35.5. The van der Waals surface area contributed by atoms with Gasteiger partial charge in [-0.2, -0.15) is 4.98 Å². The van der Waals surface area contributed by atoms with Crippen molar-refractivity contribution in [2.24, 2.45) is 10.9 Å². The van der Waals surface area contributed by atoms with Gasteiger partial charge < -0.3 is 5.32 Å². The molecule has 0 bridgehead atoms. The minimum Gasteiger partial charge on any atom is -0.324 e. The van der Waals surface area contributed by atoms with Crippen LogP contribution < -0.4 is 5.32 Å². The van der Waals surface area contributed by atoms with Crippen LogP contribution in [0.5, 0.6) is 0 Å². The highest BCUT2D eigenvalue weighted by molar-refractivity contribution is 6.31. The van der Waals surface area contributed by atoms with Gasteiger partial charge >= 0.3 is 0 Å². The van der Waals surface area contributed by atoms with Gasteiger partial charge in [-0.15, -0.1) is 5.10 Å². The minimum absolute atomic E-state index is 0.216. The van der Waals surface area contributed by atoms with Crippen molar-refractivity contribution in [3.63, 3.8) is 0 Å². The van der Waals surface area contributed by atoms with E-state index in [2.05, 4.69) is 20.3 Å². The third-order valence-corrected chi connectivity index (χ3v) is 5.73. The van der Waals surface area contributed by atoms with E-state index in [1.807, 2.05) is 61.5 Å². The average Bonchev–Trinajstić information content (AvgIpc) is 3.23. The van der Waals surface area contributed by atoms with Crippen LogP contribution in [0.25, 0.3) is 11.4 Å². The van der Waals surface area contributed by atoms with E-state index in [1.165, 1.54) is 0 Å². The number of hydrogen-bond acceptors (Lipinski definition) is 5. The highest BCUT2D eigenvalue weighted by Crippen LogP contribution is 2.39. The van der Waals surface area contributed by atoms with Gasteiger partial charge in [0.05, 0.1) is 17.9 Å². The number of anilines is 1. The molecule has 2 aromatic heterocycles. The Kier molecular flexibility index (Phi) is 5.25. The minimum atomic E-state index is -0.632. The van der Waals surface area contributed by atoms with Crippen LogP contribution in [0, 0.1) is 5.92 Å². The van der Waals surface area contributed by atoms with Crippen molar-refractivity contribution in [3.8, 4) is 11.4 Å². The summed E-state index contributed by atoms with van der Waals surface area (Å²) in [5.74, 6) is 0.138. The van der Waals surface area contributed by atoms with E-state index in [9.17, 15) is 4.79 Å². The molecule has 158 valence electrons. The number of fused-ring (bicyclic) bond motifs is 1. The molecule has 0 fully saturated rings. The molecule has 0 spiro atoms. The molecule has 7 nitrogen and oxygen atoms in total. The summed E-state index contributed by atoms with van der Waals surface area (Å²) < 4.78 is 1.70. The monoisotopic (exact) mass is 442 g/mol. The molecule has 1 N–H and O–H groups in total. The van der Waals surface area contributed by atoms with Crippen molar-refractivity contribution >= 4 is 34.9 Å². The van der Waals surface area contributed by atoms with Crippen LogP contribution in [0.4, 0.5) is 11.6 Å². The number of halogens is 1. The average molecular weight is 443 g/mol. The molecule has 32 heavy (non-hydrogen) atoms. The number of nitrogens with zero attached hydrogens (tertiary/aromatic N) is 5. The number of rotatable bonds is 4. The van der Waals surface area contributed by atoms with Crippen molar-refractivity contribution in [3.05, 3.63) is 89.7 Å². The lowest BCUT2D eigenvalue weighted by molar-refractivity contribution is -0.118. The molecule has 2 aromatic carbocycles. The molecule has 0 aliphatic carbocycles. The second-order valence-electron chi connectivity index (χ2n) is 7.47. The van der Waals surface area contributed by atoms with Crippen molar-refractivity contribution < 1.29 is 4.79 Å². The van der Waals surface area contributed by atoms with Crippen LogP contribution in [-0.2, 0) is 4.79 Å². The summed E-state index contributed by atoms with van der Waals surface area (Å²) in [4.78, 5) is 26.8. The van der Waals surface area contributed by atoms with Gasteiger partial charge in [0.1, 0.15) is 5.92 Å². The van der Waals surface area contributed by atoms with E-state index >= 15 is 0 Å². The van der Waals surface area contributed by atoms with Crippen LogP contribution in [0.1, 0.15) is 18.5 Å². The van der Waals surface area contributed by atoms with Gasteiger partial charge in [0.25, 0.3) is 0 Å². The van der Waals surface area contributed by atoms with Gasteiger partial charge in [0, 0.05) is 22.5 Å². The van der Waals surface area contributed by atoms with E-state index in [0.717, 1.165) is 11.1 Å². The fourth-order valence-corrected chi connectivity index (χ4v) is 4.15. The van der Waals surface area contributed by atoms with Gasteiger partial charge in [-0.1, -0.05) is 60.1 Å². The fraction of sp³-hybridized carbons (Fsp3) is 0.125. The maximum absolute atomic E-state index is 13.4. The van der Waals surface area contributed by atoms with Crippen LogP contribution in [-0.4, -0.2) is 31.4 Å². The summed E-state index contributed by atoms with van der Waals surface area (Å²) in [5, 5.41) is 8.24. The number of aromatic nitrogens is 4. The van der Waals surface area contributed by atoms with Gasteiger partial charge in [-0.05, 0) is 30.7 Å². The van der Waals surface area contributed by atoms with Crippen LogP contribution >= 0.6 is 11.6 Å². The van der Waals surface area contributed by atoms with E-state index in [-0.39, 0.29) is 5.91 Å². The number of aliphatic imine (C=N–C) groups is 1. The zero-order valence-corrected chi connectivity index (χ0v) is 17.9. The Morgan fingerprint density at radius 3 is 2.56 bits per heavy atom.